The van der Waals surface area contributed by atoms with Gasteiger partial charge in [0.25, 0.3) is 0 Å². The number of hydrogen-bond donors (Lipinski definition) is 1. The Morgan fingerprint density at radius 1 is 0.609 bits per heavy atom. The minimum atomic E-state index is 0.532. The first-order chi connectivity index (χ1) is 11.2. The fourth-order valence-corrected chi connectivity index (χ4v) is 3.46. The van der Waals surface area contributed by atoms with Crippen LogP contribution in [0.2, 0.25) is 0 Å². The third-order valence-electron chi connectivity index (χ3n) is 4.83. The molecule has 0 spiro atoms. The summed E-state index contributed by atoms with van der Waals surface area (Å²) in [5.74, 6) is 0.532. The van der Waals surface area contributed by atoms with Gasteiger partial charge in [0.2, 0.25) is 0 Å². The Hall–Kier alpha value is -0.980. The van der Waals surface area contributed by atoms with Crippen LogP contribution in [0.3, 0.4) is 0 Å². The normalized spacial score (nSPS) is 11.1. The lowest BCUT2D eigenvalue weighted by Gasteiger charge is -2.16. The van der Waals surface area contributed by atoms with E-state index in [1.807, 2.05) is 6.07 Å². The summed E-state index contributed by atoms with van der Waals surface area (Å²) in [5.41, 5.74) is 4.19. The summed E-state index contributed by atoms with van der Waals surface area (Å²) in [6.45, 7) is 6.77. The van der Waals surface area contributed by atoms with E-state index < -0.39 is 0 Å². The van der Waals surface area contributed by atoms with Crippen molar-refractivity contribution >= 4 is 0 Å². The molecule has 0 bridgehead atoms. The zero-order chi connectivity index (χ0) is 16.9. The summed E-state index contributed by atoms with van der Waals surface area (Å²) < 4.78 is 0. The van der Waals surface area contributed by atoms with Gasteiger partial charge in [-0.1, -0.05) is 78.2 Å². The predicted molar refractivity (Wildman–Crippen MR) is 102 cm³/mol. The highest BCUT2D eigenvalue weighted by Crippen LogP contribution is 2.29. The summed E-state index contributed by atoms with van der Waals surface area (Å²) in [6, 6.07) is 4.09. The lowest BCUT2D eigenvalue weighted by Crippen LogP contribution is -2.02. The maximum atomic E-state index is 10.4. The van der Waals surface area contributed by atoms with Crippen LogP contribution in [0.4, 0.5) is 0 Å². The molecule has 0 aromatic heterocycles. The number of hydrogen-bond acceptors (Lipinski definition) is 1. The van der Waals surface area contributed by atoms with Crippen LogP contribution in [0.5, 0.6) is 5.75 Å². The van der Waals surface area contributed by atoms with Crippen LogP contribution in [-0.2, 0) is 19.3 Å². The fourth-order valence-electron chi connectivity index (χ4n) is 3.46. The van der Waals surface area contributed by atoms with Crippen LogP contribution < -0.4 is 0 Å². The van der Waals surface area contributed by atoms with E-state index in [-0.39, 0.29) is 0 Å². The van der Waals surface area contributed by atoms with E-state index in [0.717, 1.165) is 19.3 Å². The Morgan fingerprint density at radius 2 is 1.17 bits per heavy atom. The van der Waals surface area contributed by atoms with Gasteiger partial charge in [-0.15, -0.1) is 0 Å². The average Bonchev–Trinajstić information content (AvgIpc) is 2.55. The molecule has 1 aromatic rings. The third-order valence-corrected chi connectivity index (χ3v) is 4.83. The van der Waals surface area contributed by atoms with Gasteiger partial charge in [0.05, 0.1) is 0 Å². The third kappa shape index (κ3) is 7.42. The molecule has 0 saturated heterocycles. The van der Waals surface area contributed by atoms with Crippen molar-refractivity contribution in [2.45, 2.75) is 104 Å². The van der Waals surface area contributed by atoms with Gasteiger partial charge >= 0.3 is 0 Å². The highest BCUT2D eigenvalue weighted by Gasteiger charge is 2.12. The van der Waals surface area contributed by atoms with Crippen molar-refractivity contribution in [3.8, 4) is 5.75 Å². The molecule has 0 atom stereocenters. The minimum absolute atomic E-state index is 0.532. The van der Waals surface area contributed by atoms with E-state index in [9.17, 15) is 5.11 Å². The first-order valence-electron chi connectivity index (χ1n) is 10.1. The first kappa shape index (κ1) is 20.1. The van der Waals surface area contributed by atoms with Crippen molar-refractivity contribution in [2.75, 3.05) is 0 Å². The quantitative estimate of drug-likeness (QED) is 0.389. The van der Waals surface area contributed by atoms with Gasteiger partial charge in [-0.2, -0.15) is 0 Å². The van der Waals surface area contributed by atoms with Crippen molar-refractivity contribution in [3.05, 3.63) is 28.8 Å². The second kappa shape index (κ2) is 12.4. The van der Waals surface area contributed by atoms with E-state index in [4.69, 9.17) is 0 Å². The number of unbranched alkanes of at least 4 members (excludes halogenated alkanes) is 7. The van der Waals surface area contributed by atoms with Gasteiger partial charge in [0, 0.05) is 0 Å². The van der Waals surface area contributed by atoms with Gasteiger partial charge < -0.3 is 5.11 Å². The monoisotopic (exact) mass is 318 g/mol. The summed E-state index contributed by atoms with van der Waals surface area (Å²) in [5, 5.41) is 10.4. The summed E-state index contributed by atoms with van der Waals surface area (Å²) >= 11 is 0. The van der Waals surface area contributed by atoms with E-state index in [2.05, 4.69) is 26.8 Å². The predicted octanol–water partition coefficient (Wildman–Crippen LogP) is 6.98. The van der Waals surface area contributed by atoms with Gasteiger partial charge in [-0.3, -0.25) is 0 Å². The molecule has 132 valence electrons. The second-order valence-electron chi connectivity index (χ2n) is 6.93. The number of rotatable bonds is 13. The minimum Gasteiger partial charge on any atom is -0.508 e. The molecule has 0 unspecified atom stereocenters. The molecule has 0 aliphatic carbocycles. The van der Waals surface area contributed by atoms with Crippen LogP contribution in [0.15, 0.2) is 12.1 Å². The molecule has 23 heavy (non-hydrogen) atoms. The number of benzene rings is 1. The molecular formula is C22H38O. The summed E-state index contributed by atoms with van der Waals surface area (Å²) in [4.78, 5) is 0. The van der Waals surface area contributed by atoms with Crippen molar-refractivity contribution < 1.29 is 5.11 Å². The second-order valence-corrected chi connectivity index (χ2v) is 6.93. The molecule has 0 aliphatic heterocycles. The van der Waals surface area contributed by atoms with Crippen LogP contribution in [0, 0.1) is 0 Å². The molecule has 0 saturated carbocycles. The Morgan fingerprint density at radius 3 is 1.87 bits per heavy atom. The first-order valence-corrected chi connectivity index (χ1v) is 10.1. The molecule has 0 heterocycles. The Bertz CT molecular complexity index is 422. The molecule has 1 rings (SSSR count). The van der Waals surface area contributed by atoms with Crippen molar-refractivity contribution in [3.63, 3.8) is 0 Å². The number of phenols is 1. The highest BCUT2D eigenvalue weighted by molar-refractivity contribution is 5.45. The van der Waals surface area contributed by atoms with Gasteiger partial charge in [-0.25, -0.2) is 0 Å². The van der Waals surface area contributed by atoms with Crippen molar-refractivity contribution in [2.24, 2.45) is 0 Å². The smallest absolute Gasteiger partial charge is 0.119 e. The number of phenolic OH excluding ortho intramolecular Hbond substituents is 1. The van der Waals surface area contributed by atoms with Crippen LogP contribution in [-0.4, -0.2) is 5.11 Å². The van der Waals surface area contributed by atoms with E-state index in [1.165, 1.54) is 80.9 Å². The average molecular weight is 319 g/mol. The summed E-state index contributed by atoms with van der Waals surface area (Å²) in [7, 11) is 0. The van der Waals surface area contributed by atoms with Crippen molar-refractivity contribution in [1.82, 2.24) is 0 Å². The molecular weight excluding hydrogens is 280 g/mol. The van der Waals surface area contributed by atoms with Crippen LogP contribution in [0.1, 0.15) is 102 Å². The lowest BCUT2D eigenvalue weighted by molar-refractivity contribution is 0.463. The van der Waals surface area contributed by atoms with E-state index in [0.29, 0.717) is 5.75 Å². The SMILES string of the molecule is CCCCCCCCc1c(O)ccc(CCC)c1CCCCC. The maximum absolute atomic E-state index is 10.4. The molecule has 0 aliphatic rings. The summed E-state index contributed by atoms with van der Waals surface area (Å²) in [6.07, 6.45) is 16.2. The largest absolute Gasteiger partial charge is 0.508 e. The van der Waals surface area contributed by atoms with Crippen LogP contribution in [0.25, 0.3) is 0 Å². The molecule has 1 nitrogen and oxygen atoms in total. The standard InChI is InChI=1S/C22H38O/c1-4-7-9-10-11-13-16-21-20(15-12-8-5-2)19(14-6-3)17-18-22(21)23/h17-18,23H,4-16H2,1-3H3. The molecule has 1 aromatic carbocycles. The van der Waals surface area contributed by atoms with Crippen molar-refractivity contribution in [1.29, 1.82) is 0 Å². The van der Waals surface area contributed by atoms with Gasteiger partial charge in [0.1, 0.15) is 5.75 Å². The molecule has 0 fully saturated rings. The Labute approximate surface area is 144 Å². The van der Waals surface area contributed by atoms with E-state index in [1.54, 1.807) is 0 Å². The number of aromatic hydroxyl groups is 1. The number of aryl methyl sites for hydroxylation is 1. The molecule has 1 heteroatoms. The zero-order valence-electron chi connectivity index (χ0n) is 15.8. The lowest BCUT2D eigenvalue weighted by atomic mass is 9.90. The topological polar surface area (TPSA) is 20.2 Å². The molecule has 0 radical (unpaired) electrons. The molecule has 1 N–H and O–H groups in total. The fraction of sp³-hybridized carbons (Fsp3) is 0.727. The maximum Gasteiger partial charge on any atom is 0.119 e. The Kier molecular flexibility index (Phi) is 10.9. The highest BCUT2D eigenvalue weighted by atomic mass is 16.3. The van der Waals surface area contributed by atoms with Gasteiger partial charge in [-0.05, 0) is 54.9 Å². The molecule has 0 amide bonds. The van der Waals surface area contributed by atoms with Gasteiger partial charge in [0.15, 0.2) is 0 Å². The zero-order valence-corrected chi connectivity index (χ0v) is 15.8. The van der Waals surface area contributed by atoms with Crippen LogP contribution >= 0.6 is 0 Å². The van der Waals surface area contributed by atoms with E-state index >= 15 is 0 Å². The Balaban J connectivity index is 2.70.